The topological polar surface area (TPSA) is 91.4 Å². The Labute approximate surface area is 208 Å². The van der Waals surface area contributed by atoms with E-state index in [1.165, 1.54) is 0 Å². The van der Waals surface area contributed by atoms with E-state index in [9.17, 15) is 14.4 Å². The largest absolute Gasteiger partial charge is 0.341 e. The van der Waals surface area contributed by atoms with Crippen molar-refractivity contribution < 1.29 is 14.4 Å². The summed E-state index contributed by atoms with van der Waals surface area (Å²) in [5.74, 6) is -0.103. The van der Waals surface area contributed by atoms with Gasteiger partial charge in [-0.2, -0.15) is 0 Å². The van der Waals surface area contributed by atoms with Crippen LogP contribution >= 0.6 is 0 Å². The molecule has 3 amide bonds. The Bertz CT molecular complexity index is 1050. The van der Waals surface area contributed by atoms with Crippen LogP contribution in [0.5, 0.6) is 0 Å². The first-order chi connectivity index (χ1) is 16.5. The fraction of sp³-hybridized carbons (Fsp3) is 0.500. The molecule has 1 aromatic heterocycles. The van der Waals surface area contributed by atoms with Crippen molar-refractivity contribution in [2.45, 2.75) is 65.8 Å². The lowest BCUT2D eigenvalue weighted by atomic mass is 9.86. The average Bonchev–Trinajstić information content (AvgIpc) is 2.81. The molecule has 7 nitrogen and oxygen atoms in total. The molecule has 1 atom stereocenters. The highest BCUT2D eigenvalue weighted by Gasteiger charge is 2.33. The van der Waals surface area contributed by atoms with Crippen molar-refractivity contribution in [3.05, 3.63) is 59.3 Å². The van der Waals surface area contributed by atoms with Gasteiger partial charge in [0.05, 0.1) is 0 Å². The van der Waals surface area contributed by atoms with Gasteiger partial charge in [-0.15, -0.1) is 0 Å². The number of benzene rings is 1. The molecule has 1 unspecified atom stereocenters. The Morgan fingerprint density at radius 3 is 2.20 bits per heavy atom. The third kappa shape index (κ3) is 6.90. The monoisotopic (exact) mass is 478 g/mol. The van der Waals surface area contributed by atoms with Gasteiger partial charge in [-0.1, -0.05) is 46.8 Å². The Morgan fingerprint density at radius 2 is 1.66 bits per heavy atom. The van der Waals surface area contributed by atoms with Crippen LogP contribution in [0.1, 0.15) is 68.9 Å². The molecular weight excluding hydrogens is 440 g/mol. The first kappa shape index (κ1) is 26.4. The van der Waals surface area contributed by atoms with E-state index in [4.69, 9.17) is 0 Å². The zero-order valence-electron chi connectivity index (χ0n) is 21.7. The quantitative estimate of drug-likeness (QED) is 0.647. The molecule has 7 heteroatoms. The Morgan fingerprint density at radius 1 is 1.03 bits per heavy atom. The van der Waals surface area contributed by atoms with E-state index in [1.54, 1.807) is 11.1 Å². The van der Waals surface area contributed by atoms with Gasteiger partial charge < -0.3 is 15.5 Å². The molecule has 1 saturated heterocycles. The average molecular weight is 479 g/mol. The van der Waals surface area contributed by atoms with E-state index >= 15 is 0 Å². The van der Waals surface area contributed by atoms with E-state index in [1.807, 2.05) is 57.2 Å². The molecule has 3 rings (SSSR count). The first-order valence-corrected chi connectivity index (χ1v) is 12.4. The summed E-state index contributed by atoms with van der Waals surface area (Å²) in [6, 6.07) is 10.6. The van der Waals surface area contributed by atoms with Crippen LogP contribution in [0.2, 0.25) is 0 Å². The second-order valence-corrected chi connectivity index (χ2v) is 10.8. The number of pyridine rings is 1. The summed E-state index contributed by atoms with van der Waals surface area (Å²) in [5, 5.41) is 5.83. The van der Waals surface area contributed by atoms with Crippen LogP contribution < -0.4 is 10.6 Å². The van der Waals surface area contributed by atoms with Crippen LogP contribution in [-0.2, 0) is 15.0 Å². The molecule has 188 valence electrons. The number of carbonyl (C=O) groups excluding carboxylic acids is 3. The van der Waals surface area contributed by atoms with Crippen LogP contribution in [0.4, 0.5) is 5.82 Å². The molecule has 35 heavy (non-hydrogen) atoms. The van der Waals surface area contributed by atoms with Crippen LogP contribution in [0, 0.1) is 18.8 Å². The summed E-state index contributed by atoms with van der Waals surface area (Å²) < 4.78 is 0. The van der Waals surface area contributed by atoms with Crippen molar-refractivity contribution in [3.63, 3.8) is 0 Å². The molecule has 1 aromatic carbocycles. The van der Waals surface area contributed by atoms with Crippen molar-refractivity contribution in [2.75, 3.05) is 18.4 Å². The second-order valence-electron chi connectivity index (χ2n) is 10.8. The van der Waals surface area contributed by atoms with E-state index in [-0.39, 0.29) is 35.0 Å². The van der Waals surface area contributed by atoms with E-state index in [0.717, 1.165) is 11.1 Å². The van der Waals surface area contributed by atoms with Gasteiger partial charge in [-0.05, 0) is 66.5 Å². The number of nitrogens with zero attached hydrogens (tertiary/aromatic N) is 2. The maximum Gasteiger partial charge on any atom is 0.251 e. The van der Waals surface area contributed by atoms with Crippen molar-refractivity contribution in [1.82, 2.24) is 15.2 Å². The number of amides is 3. The van der Waals surface area contributed by atoms with Crippen LogP contribution in [0.25, 0.3) is 0 Å². The Balaban J connectivity index is 1.57. The minimum absolute atomic E-state index is 0.00498. The SMILES string of the molecule is Cc1ccnc(NC(=O)C2CCN(C(=O)C(NC(=O)c3ccc(C(C)(C)C)cc3)C(C)C)CC2)c1. The Kier molecular flexibility index (Phi) is 8.30. The summed E-state index contributed by atoms with van der Waals surface area (Å²) in [4.78, 5) is 44.8. The number of likely N-dealkylation sites (tertiary alicyclic amines) is 1. The standard InChI is InChI=1S/C28H38N4O3/c1-18(2)24(31-26(34)20-7-9-22(10-8-20)28(4,5)6)27(35)32-15-12-21(13-16-32)25(33)30-23-17-19(3)11-14-29-23/h7-11,14,17-18,21,24H,12-13,15-16H2,1-6H3,(H,31,34)(H,29,30,33). The molecule has 0 radical (unpaired) electrons. The molecular formula is C28H38N4O3. The predicted molar refractivity (Wildman–Crippen MR) is 138 cm³/mol. The minimum atomic E-state index is -0.619. The fourth-order valence-corrected chi connectivity index (χ4v) is 4.25. The van der Waals surface area contributed by atoms with Crippen LogP contribution in [0.3, 0.4) is 0 Å². The third-order valence-electron chi connectivity index (χ3n) is 6.58. The fourth-order valence-electron chi connectivity index (χ4n) is 4.25. The van der Waals surface area contributed by atoms with Gasteiger partial charge in [-0.3, -0.25) is 14.4 Å². The van der Waals surface area contributed by atoms with Crippen molar-refractivity contribution in [3.8, 4) is 0 Å². The molecule has 0 saturated carbocycles. The van der Waals surface area contributed by atoms with Crippen molar-refractivity contribution in [2.24, 2.45) is 11.8 Å². The number of nitrogens with one attached hydrogen (secondary N) is 2. The normalized spacial score (nSPS) is 15.6. The summed E-state index contributed by atoms with van der Waals surface area (Å²) in [7, 11) is 0. The summed E-state index contributed by atoms with van der Waals surface area (Å²) in [6.07, 6.45) is 2.83. The van der Waals surface area contributed by atoms with Gasteiger partial charge in [0, 0.05) is 30.8 Å². The molecule has 2 aromatic rings. The number of rotatable bonds is 6. The van der Waals surface area contributed by atoms with Crippen LogP contribution in [0.15, 0.2) is 42.6 Å². The van der Waals surface area contributed by atoms with E-state index in [0.29, 0.717) is 37.3 Å². The van der Waals surface area contributed by atoms with E-state index in [2.05, 4.69) is 36.4 Å². The van der Waals surface area contributed by atoms with Crippen LogP contribution in [-0.4, -0.2) is 46.7 Å². The molecule has 0 spiro atoms. The lowest BCUT2D eigenvalue weighted by molar-refractivity contribution is -0.137. The summed E-state index contributed by atoms with van der Waals surface area (Å²) in [6.45, 7) is 13.2. The second kappa shape index (κ2) is 11.0. The minimum Gasteiger partial charge on any atom is -0.341 e. The third-order valence-corrected chi connectivity index (χ3v) is 6.58. The zero-order chi connectivity index (χ0) is 25.8. The van der Waals surface area contributed by atoms with Gasteiger partial charge in [-0.25, -0.2) is 4.98 Å². The maximum absolute atomic E-state index is 13.3. The Hall–Kier alpha value is -3.22. The highest BCUT2D eigenvalue weighted by Crippen LogP contribution is 2.23. The molecule has 2 N–H and O–H groups in total. The molecule has 0 bridgehead atoms. The first-order valence-electron chi connectivity index (χ1n) is 12.4. The lowest BCUT2D eigenvalue weighted by Gasteiger charge is -2.35. The van der Waals surface area contributed by atoms with Gasteiger partial charge in [0.15, 0.2) is 0 Å². The van der Waals surface area contributed by atoms with E-state index < -0.39 is 6.04 Å². The lowest BCUT2D eigenvalue weighted by Crippen LogP contribution is -2.53. The molecule has 1 aliphatic rings. The van der Waals surface area contributed by atoms with Gasteiger partial charge in [0.2, 0.25) is 11.8 Å². The molecule has 1 aliphatic heterocycles. The number of piperidine rings is 1. The van der Waals surface area contributed by atoms with Gasteiger partial charge in [0.25, 0.3) is 5.91 Å². The molecule has 2 heterocycles. The highest BCUT2D eigenvalue weighted by molar-refractivity contribution is 5.98. The highest BCUT2D eigenvalue weighted by atomic mass is 16.2. The van der Waals surface area contributed by atoms with Gasteiger partial charge >= 0.3 is 0 Å². The van der Waals surface area contributed by atoms with Gasteiger partial charge in [0.1, 0.15) is 11.9 Å². The smallest absolute Gasteiger partial charge is 0.251 e. The summed E-state index contributed by atoms with van der Waals surface area (Å²) >= 11 is 0. The molecule has 1 fully saturated rings. The maximum atomic E-state index is 13.3. The number of aryl methyl sites for hydroxylation is 1. The molecule has 0 aliphatic carbocycles. The van der Waals surface area contributed by atoms with Crippen molar-refractivity contribution >= 4 is 23.5 Å². The number of carbonyl (C=O) groups is 3. The number of hydrogen-bond donors (Lipinski definition) is 2. The van der Waals surface area contributed by atoms with Crippen molar-refractivity contribution in [1.29, 1.82) is 0 Å². The predicted octanol–water partition coefficient (Wildman–Crippen LogP) is 4.32. The number of anilines is 1. The zero-order valence-corrected chi connectivity index (χ0v) is 21.7. The summed E-state index contributed by atoms with van der Waals surface area (Å²) in [5.41, 5.74) is 2.72. The number of hydrogen-bond acceptors (Lipinski definition) is 4. The number of aromatic nitrogens is 1.